The SMILES string of the molecule is CC1=C(C(=O)OCc2ccccc2)C(c2ccc(OCc3ccccc3)cc2)c2c(nc(=S)[nH]c2N)N1. The van der Waals surface area contributed by atoms with Crippen LogP contribution in [-0.2, 0) is 22.7 Å². The maximum absolute atomic E-state index is 13.4. The molecule has 0 bridgehead atoms. The highest BCUT2D eigenvalue weighted by molar-refractivity contribution is 7.71. The number of hydrogen-bond acceptors (Lipinski definition) is 7. The normalized spacial score (nSPS) is 14.5. The van der Waals surface area contributed by atoms with Crippen LogP contribution in [0.1, 0.15) is 35.1 Å². The third-order valence-corrected chi connectivity index (χ3v) is 6.38. The Morgan fingerprint density at radius 3 is 2.22 bits per heavy atom. The molecular formula is C29H26N4O3S. The molecule has 5 rings (SSSR count). The fourth-order valence-electron chi connectivity index (χ4n) is 4.40. The summed E-state index contributed by atoms with van der Waals surface area (Å²) in [6, 6.07) is 27.2. The molecular weight excluding hydrogens is 484 g/mol. The summed E-state index contributed by atoms with van der Waals surface area (Å²) in [5.74, 6) is 0.637. The van der Waals surface area contributed by atoms with Crippen LogP contribution in [0.5, 0.6) is 5.75 Å². The molecule has 1 unspecified atom stereocenters. The van der Waals surface area contributed by atoms with Gasteiger partial charge in [0.15, 0.2) is 4.77 Å². The minimum absolute atomic E-state index is 0.160. The van der Waals surface area contributed by atoms with E-state index >= 15 is 0 Å². The van der Waals surface area contributed by atoms with E-state index in [9.17, 15) is 4.79 Å². The number of benzene rings is 3. The molecule has 0 spiro atoms. The van der Waals surface area contributed by atoms with E-state index in [0.717, 1.165) is 16.7 Å². The molecule has 3 aromatic carbocycles. The van der Waals surface area contributed by atoms with Gasteiger partial charge in [0.25, 0.3) is 0 Å². The van der Waals surface area contributed by atoms with Crippen LogP contribution >= 0.6 is 12.2 Å². The Kier molecular flexibility index (Phi) is 7.00. The fourth-order valence-corrected chi connectivity index (χ4v) is 4.60. The Balaban J connectivity index is 1.46. The van der Waals surface area contributed by atoms with E-state index in [0.29, 0.717) is 40.8 Å². The fraction of sp³-hybridized carbons (Fsp3) is 0.138. The minimum atomic E-state index is -0.512. The van der Waals surface area contributed by atoms with Gasteiger partial charge in [-0.2, -0.15) is 0 Å². The number of esters is 1. The predicted octanol–water partition coefficient (Wildman–Crippen LogP) is 5.88. The molecule has 186 valence electrons. The second-order valence-corrected chi connectivity index (χ2v) is 9.11. The molecule has 0 amide bonds. The zero-order valence-corrected chi connectivity index (χ0v) is 21.0. The number of nitrogens with two attached hydrogens (primary N) is 1. The minimum Gasteiger partial charge on any atom is -0.489 e. The second kappa shape index (κ2) is 10.7. The lowest BCUT2D eigenvalue weighted by molar-refractivity contribution is -0.140. The van der Waals surface area contributed by atoms with E-state index in [1.807, 2.05) is 91.9 Å². The van der Waals surface area contributed by atoms with Gasteiger partial charge in [-0.3, -0.25) is 0 Å². The smallest absolute Gasteiger partial charge is 0.337 e. The van der Waals surface area contributed by atoms with Crippen LogP contribution in [0.2, 0.25) is 0 Å². The van der Waals surface area contributed by atoms with Gasteiger partial charge in [0.1, 0.15) is 30.6 Å². The monoisotopic (exact) mass is 510 g/mol. The number of nitrogens with one attached hydrogen (secondary N) is 2. The summed E-state index contributed by atoms with van der Waals surface area (Å²) in [5, 5.41) is 3.20. The Morgan fingerprint density at radius 2 is 1.57 bits per heavy atom. The number of carbonyl (C=O) groups is 1. The molecule has 0 saturated heterocycles. The van der Waals surface area contributed by atoms with Crippen molar-refractivity contribution >= 4 is 29.8 Å². The van der Waals surface area contributed by atoms with E-state index in [-0.39, 0.29) is 11.4 Å². The van der Waals surface area contributed by atoms with Gasteiger partial charge in [-0.25, -0.2) is 9.78 Å². The number of hydrogen-bond donors (Lipinski definition) is 3. The summed E-state index contributed by atoms with van der Waals surface area (Å²) < 4.78 is 11.9. The molecule has 0 radical (unpaired) electrons. The van der Waals surface area contributed by atoms with Crippen LogP contribution in [0, 0.1) is 4.77 Å². The molecule has 7 nitrogen and oxygen atoms in total. The van der Waals surface area contributed by atoms with Crippen LogP contribution in [0.15, 0.2) is 96.2 Å². The number of ether oxygens (including phenoxy) is 2. The summed E-state index contributed by atoms with van der Waals surface area (Å²) in [7, 11) is 0. The number of allylic oxidation sites excluding steroid dienone is 1. The zero-order valence-electron chi connectivity index (χ0n) is 20.2. The molecule has 37 heavy (non-hydrogen) atoms. The predicted molar refractivity (Wildman–Crippen MR) is 145 cm³/mol. The van der Waals surface area contributed by atoms with Crippen molar-refractivity contribution in [2.75, 3.05) is 11.1 Å². The van der Waals surface area contributed by atoms with Crippen molar-refractivity contribution in [1.82, 2.24) is 9.97 Å². The number of anilines is 2. The molecule has 0 aliphatic carbocycles. The molecule has 0 saturated carbocycles. The third kappa shape index (κ3) is 5.39. The average Bonchev–Trinajstić information content (AvgIpc) is 2.91. The van der Waals surface area contributed by atoms with Gasteiger partial charge < -0.3 is 25.5 Å². The van der Waals surface area contributed by atoms with E-state index < -0.39 is 11.9 Å². The van der Waals surface area contributed by atoms with E-state index in [1.165, 1.54) is 0 Å². The quantitative estimate of drug-likeness (QED) is 0.211. The third-order valence-electron chi connectivity index (χ3n) is 6.18. The lowest BCUT2D eigenvalue weighted by Crippen LogP contribution is -2.26. The summed E-state index contributed by atoms with van der Waals surface area (Å²) in [5.41, 5.74) is 10.9. The van der Waals surface area contributed by atoms with Crippen molar-refractivity contribution in [2.45, 2.75) is 26.1 Å². The first-order valence-electron chi connectivity index (χ1n) is 11.8. The molecule has 0 fully saturated rings. The van der Waals surface area contributed by atoms with Gasteiger partial charge in [0, 0.05) is 11.3 Å². The average molecular weight is 511 g/mol. The van der Waals surface area contributed by atoms with Crippen LogP contribution in [0.4, 0.5) is 11.6 Å². The number of aromatic amines is 1. The molecule has 1 atom stereocenters. The zero-order chi connectivity index (χ0) is 25.8. The van der Waals surface area contributed by atoms with Crippen molar-refractivity contribution < 1.29 is 14.3 Å². The van der Waals surface area contributed by atoms with Crippen LogP contribution in [0.3, 0.4) is 0 Å². The summed E-state index contributed by atoms with van der Waals surface area (Å²) in [6.45, 7) is 2.44. The number of nitrogen functional groups attached to an aromatic ring is 1. The number of nitrogens with zero attached hydrogens (tertiary/aromatic N) is 1. The highest BCUT2D eigenvalue weighted by Gasteiger charge is 2.36. The molecule has 1 aromatic heterocycles. The van der Waals surface area contributed by atoms with Crippen molar-refractivity contribution in [1.29, 1.82) is 0 Å². The maximum atomic E-state index is 13.4. The van der Waals surface area contributed by atoms with E-state index in [2.05, 4.69) is 15.3 Å². The van der Waals surface area contributed by atoms with Crippen LogP contribution in [0.25, 0.3) is 0 Å². The van der Waals surface area contributed by atoms with Gasteiger partial charge in [-0.15, -0.1) is 0 Å². The van der Waals surface area contributed by atoms with Gasteiger partial charge in [0.2, 0.25) is 0 Å². The maximum Gasteiger partial charge on any atom is 0.337 e. The van der Waals surface area contributed by atoms with Crippen molar-refractivity contribution in [3.63, 3.8) is 0 Å². The number of carbonyl (C=O) groups excluding carboxylic acids is 1. The molecule has 8 heteroatoms. The highest BCUT2D eigenvalue weighted by Crippen LogP contribution is 2.43. The molecule has 1 aliphatic rings. The summed E-state index contributed by atoms with van der Waals surface area (Å²) >= 11 is 5.23. The highest BCUT2D eigenvalue weighted by atomic mass is 32.1. The van der Waals surface area contributed by atoms with E-state index in [4.69, 9.17) is 27.4 Å². The molecule has 1 aliphatic heterocycles. The molecule has 2 heterocycles. The topological polar surface area (TPSA) is 102 Å². The van der Waals surface area contributed by atoms with Gasteiger partial charge in [-0.1, -0.05) is 72.8 Å². The number of H-pyrrole nitrogens is 1. The molecule has 4 aromatic rings. The van der Waals surface area contributed by atoms with Gasteiger partial charge in [0.05, 0.1) is 11.5 Å². The Morgan fingerprint density at radius 1 is 0.946 bits per heavy atom. The number of fused-ring (bicyclic) bond motifs is 1. The Labute approximate surface area is 220 Å². The molecule has 4 N–H and O–H groups in total. The standard InChI is InChI=1S/C29H26N4O3S/c1-18-23(28(34)36-17-20-10-6-3-7-11-20)24(25-26(30)32-29(37)33-27(25)31-18)21-12-14-22(15-13-21)35-16-19-8-4-2-5-9-19/h2-15,24H,16-17H2,1H3,(H4,30,31,32,33,37). The Bertz CT molecular complexity index is 1500. The van der Waals surface area contributed by atoms with Gasteiger partial charge >= 0.3 is 5.97 Å². The second-order valence-electron chi connectivity index (χ2n) is 8.72. The first-order chi connectivity index (χ1) is 18.0. The first kappa shape index (κ1) is 24.3. The van der Waals surface area contributed by atoms with Crippen LogP contribution in [-0.4, -0.2) is 15.9 Å². The summed E-state index contributed by atoms with van der Waals surface area (Å²) in [6.07, 6.45) is 0. The van der Waals surface area contributed by atoms with E-state index in [1.54, 1.807) is 0 Å². The number of aromatic nitrogens is 2. The van der Waals surface area contributed by atoms with Crippen molar-refractivity contribution in [3.05, 3.63) is 123 Å². The lowest BCUT2D eigenvalue weighted by atomic mass is 9.82. The summed E-state index contributed by atoms with van der Waals surface area (Å²) in [4.78, 5) is 20.8. The largest absolute Gasteiger partial charge is 0.489 e. The van der Waals surface area contributed by atoms with Crippen LogP contribution < -0.4 is 15.8 Å². The first-order valence-corrected chi connectivity index (χ1v) is 12.3. The van der Waals surface area contributed by atoms with Crippen molar-refractivity contribution in [3.8, 4) is 5.75 Å². The van der Waals surface area contributed by atoms with Gasteiger partial charge in [-0.05, 0) is 48.0 Å². The number of rotatable bonds is 7. The Hall–Kier alpha value is -4.43. The van der Waals surface area contributed by atoms with Crippen molar-refractivity contribution in [2.24, 2.45) is 0 Å². The lowest BCUT2D eigenvalue weighted by Gasteiger charge is -2.30.